The summed E-state index contributed by atoms with van der Waals surface area (Å²) in [6.07, 6.45) is 0. The number of hydrogen-bond acceptors (Lipinski definition) is 5. The van der Waals surface area contributed by atoms with Gasteiger partial charge in [-0.2, -0.15) is 0 Å². The van der Waals surface area contributed by atoms with Crippen molar-refractivity contribution in [3.05, 3.63) is 52.5 Å². The van der Waals surface area contributed by atoms with Crippen LogP contribution in [0.4, 0.5) is 10.1 Å². The Hall–Kier alpha value is -2.29. The highest BCUT2D eigenvalue weighted by Gasteiger charge is 2.25. The van der Waals surface area contributed by atoms with Gasteiger partial charge in [-0.25, -0.2) is 4.39 Å². The number of benzene rings is 1. The van der Waals surface area contributed by atoms with Crippen LogP contribution in [0.25, 0.3) is 0 Å². The lowest BCUT2D eigenvalue weighted by Crippen LogP contribution is -2.45. The largest absolute Gasteiger partial charge is 0.379 e. The standard InChI is InChI=1S/C18H20FN3O3S/c19-13-4-1-2-5-14(13)21-18(24)17(23)20-12-15(16-6-3-11-26-16)22-7-9-25-10-8-22/h1-6,11,15H,7-10,12H2,(H,20,23)(H,21,24)/t15-/m1/s1. The van der Waals surface area contributed by atoms with Crippen molar-refractivity contribution in [1.82, 2.24) is 10.2 Å². The van der Waals surface area contributed by atoms with Gasteiger partial charge in [0.1, 0.15) is 5.82 Å². The van der Waals surface area contributed by atoms with Gasteiger partial charge in [0.05, 0.1) is 24.9 Å². The zero-order valence-electron chi connectivity index (χ0n) is 14.1. The fourth-order valence-corrected chi connectivity index (χ4v) is 3.65. The van der Waals surface area contributed by atoms with E-state index < -0.39 is 17.6 Å². The van der Waals surface area contributed by atoms with E-state index in [4.69, 9.17) is 4.74 Å². The first-order valence-electron chi connectivity index (χ1n) is 8.34. The van der Waals surface area contributed by atoms with E-state index in [1.54, 1.807) is 17.4 Å². The number of rotatable bonds is 5. The predicted octanol–water partition coefficient (Wildman–Crippen LogP) is 2.02. The zero-order chi connectivity index (χ0) is 18.4. The van der Waals surface area contributed by atoms with E-state index in [0.29, 0.717) is 19.8 Å². The van der Waals surface area contributed by atoms with E-state index >= 15 is 0 Å². The van der Waals surface area contributed by atoms with E-state index in [2.05, 4.69) is 15.5 Å². The second kappa shape index (κ2) is 8.88. The Morgan fingerprint density at radius 2 is 1.92 bits per heavy atom. The molecule has 1 atom stereocenters. The Morgan fingerprint density at radius 1 is 1.15 bits per heavy atom. The number of carbonyl (C=O) groups excluding carboxylic acids is 2. The molecule has 1 aromatic carbocycles. The third-order valence-electron chi connectivity index (χ3n) is 4.14. The van der Waals surface area contributed by atoms with Crippen molar-refractivity contribution in [2.45, 2.75) is 6.04 Å². The Kier molecular flexibility index (Phi) is 6.32. The first-order chi connectivity index (χ1) is 12.6. The quantitative estimate of drug-likeness (QED) is 0.782. The van der Waals surface area contributed by atoms with Gasteiger partial charge in [0.2, 0.25) is 0 Å². The summed E-state index contributed by atoms with van der Waals surface area (Å²) in [5, 5.41) is 6.93. The number of halogens is 1. The van der Waals surface area contributed by atoms with E-state index in [1.165, 1.54) is 18.2 Å². The molecule has 0 spiro atoms. The van der Waals surface area contributed by atoms with Crippen LogP contribution in [-0.4, -0.2) is 49.6 Å². The molecule has 1 aromatic heterocycles. The lowest BCUT2D eigenvalue weighted by atomic mass is 10.2. The van der Waals surface area contributed by atoms with Gasteiger partial charge < -0.3 is 15.4 Å². The Balaban J connectivity index is 1.60. The lowest BCUT2D eigenvalue weighted by Gasteiger charge is -2.34. The number of nitrogens with zero attached hydrogens (tertiary/aromatic N) is 1. The molecule has 1 aliphatic heterocycles. The van der Waals surface area contributed by atoms with Crippen molar-refractivity contribution >= 4 is 28.8 Å². The fourth-order valence-electron chi connectivity index (χ4n) is 2.79. The Bertz CT molecular complexity index is 748. The first kappa shape index (κ1) is 18.5. The van der Waals surface area contributed by atoms with E-state index in [0.717, 1.165) is 18.0 Å². The summed E-state index contributed by atoms with van der Waals surface area (Å²) < 4.78 is 19.0. The molecule has 3 rings (SSSR count). The van der Waals surface area contributed by atoms with Crippen molar-refractivity contribution in [1.29, 1.82) is 0 Å². The molecule has 0 radical (unpaired) electrons. The van der Waals surface area contributed by atoms with Crippen LogP contribution < -0.4 is 10.6 Å². The second-order valence-electron chi connectivity index (χ2n) is 5.82. The van der Waals surface area contributed by atoms with Crippen LogP contribution in [0.15, 0.2) is 41.8 Å². The maximum absolute atomic E-state index is 13.6. The van der Waals surface area contributed by atoms with Crippen molar-refractivity contribution in [2.24, 2.45) is 0 Å². The molecule has 26 heavy (non-hydrogen) atoms. The minimum Gasteiger partial charge on any atom is -0.379 e. The SMILES string of the molecule is O=C(NC[C@H](c1cccs1)N1CCOCC1)C(=O)Nc1ccccc1F. The van der Waals surface area contributed by atoms with Gasteiger partial charge in [0.15, 0.2) is 0 Å². The molecule has 8 heteroatoms. The van der Waals surface area contributed by atoms with Crippen LogP contribution >= 0.6 is 11.3 Å². The molecule has 0 saturated carbocycles. The maximum atomic E-state index is 13.6. The number of hydrogen-bond donors (Lipinski definition) is 2. The summed E-state index contributed by atoms with van der Waals surface area (Å²) in [6.45, 7) is 3.11. The topological polar surface area (TPSA) is 70.7 Å². The van der Waals surface area contributed by atoms with Crippen molar-refractivity contribution < 1.29 is 18.7 Å². The number of morpholine rings is 1. The van der Waals surface area contributed by atoms with Crippen molar-refractivity contribution in [3.63, 3.8) is 0 Å². The Labute approximate surface area is 155 Å². The number of ether oxygens (including phenoxy) is 1. The van der Waals surface area contributed by atoms with Crippen molar-refractivity contribution in [3.8, 4) is 0 Å². The summed E-state index contributed by atoms with van der Waals surface area (Å²) in [6, 6.07) is 9.67. The van der Waals surface area contributed by atoms with Crippen LogP contribution in [0.3, 0.4) is 0 Å². The van der Waals surface area contributed by atoms with Gasteiger partial charge in [0.25, 0.3) is 0 Å². The molecule has 1 aliphatic rings. The average Bonchev–Trinajstić information content (AvgIpc) is 3.19. The van der Waals surface area contributed by atoms with Gasteiger partial charge in [-0.3, -0.25) is 14.5 Å². The molecular weight excluding hydrogens is 357 g/mol. The van der Waals surface area contributed by atoms with Crippen LogP contribution in [0.1, 0.15) is 10.9 Å². The maximum Gasteiger partial charge on any atom is 0.313 e. The molecule has 2 N–H and O–H groups in total. The number of amides is 2. The number of thiophene rings is 1. The number of carbonyl (C=O) groups is 2. The zero-order valence-corrected chi connectivity index (χ0v) is 14.9. The highest BCUT2D eigenvalue weighted by molar-refractivity contribution is 7.10. The predicted molar refractivity (Wildman–Crippen MR) is 97.5 cm³/mol. The van der Waals surface area contributed by atoms with Gasteiger partial charge in [-0.15, -0.1) is 11.3 Å². The molecule has 2 amide bonds. The molecule has 0 unspecified atom stereocenters. The third kappa shape index (κ3) is 4.66. The van der Waals surface area contributed by atoms with Crippen LogP contribution in [0.2, 0.25) is 0 Å². The molecule has 0 bridgehead atoms. The molecule has 0 aliphatic carbocycles. The summed E-state index contributed by atoms with van der Waals surface area (Å²) in [7, 11) is 0. The highest BCUT2D eigenvalue weighted by atomic mass is 32.1. The van der Waals surface area contributed by atoms with Crippen LogP contribution in [-0.2, 0) is 14.3 Å². The second-order valence-corrected chi connectivity index (χ2v) is 6.80. The number of anilines is 1. The fraction of sp³-hybridized carbons (Fsp3) is 0.333. The molecule has 6 nitrogen and oxygen atoms in total. The average molecular weight is 377 g/mol. The van der Waals surface area contributed by atoms with E-state index in [1.807, 2.05) is 17.5 Å². The number of nitrogens with one attached hydrogen (secondary N) is 2. The monoisotopic (exact) mass is 377 g/mol. The summed E-state index contributed by atoms with van der Waals surface area (Å²) in [5.74, 6) is -2.26. The minimum atomic E-state index is -0.887. The lowest BCUT2D eigenvalue weighted by molar-refractivity contribution is -0.136. The molecule has 2 aromatic rings. The molecule has 138 valence electrons. The molecule has 1 fully saturated rings. The van der Waals surface area contributed by atoms with Crippen molar-refractivity contribution in [2.75, 3.05) is 38.2 Å². The Morgan fingerprint density at radius 3 is 2.62 bits per heavy atom. The summed E-state index contributed by atoms with van der Waals surface area (Å²) in [4.78, 5) is 27.5. The normalized spacial score (nSPS) is 16.0. The summed E-state index contributed by atoms with van der Waals surface area (Å²) in [5.41, 5.74) is -0.0179. The molecule has 2 heterocycles. The van der Waals surface area contributed by atoms with Gasteiger partial charge >= 0.3 is 11.8 Å². The number of para-hydroxylation sites is 1. The third-order valence-corrected chi connectivity index (χ3v) is 5.12. The van der Waals surface area contributed by atoms with Crippen LogP contribution in [0, 0.1) is 5.82 Å². The van der Waals surface area contributed by atoms with E-state index in [9.17, 15) is 14.0 Å². The first-order valence-corrected chi connectivity index (χ1v) is 9.22. The minimum absolute atomic E-state index is 0.0179. The smallest absolute Gasteiger partial charge is 0.313 e. The van der Waals surface area contributed by atoms with Gasteiger partial charge in [-0.05, 0) is 23.6 Å². The van der Waals surface area contributed by atoms with Gasteiger partial charge in [0, 0.05) is 24.5 Å². The van der Waals surface area contributed by atoms with E-state index in [-0.39, 0.29) is 11.7 Å². The summed E-state index contributed by atoms with van der Waals surface area (Å²) >= 11 is 1.61. The van der Waals surface area contributed by atoms with Crippen LogP contribution in [0.5, 0.6) is 0 Å². The highest BCUT2D eigenvalue weighted by Crippen LogP contribution is 2.25. The molecular formula is C18H20FN3O3S. The van der Waals surface area contributed by atoms with Gasteiger partial charge in [-0.1, -0.05) is 18.2 Å². The molecule has 1 saturated heterocycles.